The van der Waals surface area contributed by atoms with Crippen molar-refractivity contribution in [1.29, 1.82) is 0 Å². The van der Waals surface area contributed by atoms with E-state index in [9.17, 15) is 4.79 Å². The van der Waals surface area contributed by atoms with Crippen LogP contribution < -0.4 is 5.32 Å². The van der Waals surface area contributed by atoms with Crippen molar-refractivity contribution < 1.29 is 9.32 Å². The highest BCUT2D eigenvalue weighted by Gasteiger charge is 2.24. The van der Waals surface area contributed by atoms with E-state index in [1.54, 1.807) is 29.4 Å². The maximum absolute atomic E-state index is 12.4. The molecule has 0 radical (unpaired) electrons. The molecule has 4 rings (SSSR count). The minimum absolute atomic E-state index is 0.294. The van der Waals surface area contributed by atoms with Gasteiger partial charge in [-0.3, -0.25) is 9.36 Å². The highest BCUT2D eigenvalue weighted by atomic mass is 16.5. The van der Waals surface area contributed by atoms with Crippen LogP contribution in [-0.2, 0) is 12.8 Å². The molecule has 1 amide bonds. The molecule has 3 aromatic heterocycles. The number of fused-ring (bicyclic) bond motifs is 1. The minimum atomic E-state index is -0.294. The average molecular weight is 324 g/mol. The van der Waals surface area contributed by atoms with Gasteiger partial charge < -0.3 is 9.84 Å². The number of hydrogen-bond donors (Lipinski definition) is 1. The molecule has 24 heavy (non-hydrogen) atoms. The molecule has 0 aliphatic heterocycles. The highest BCUT2D eigenvalue weighted by Crippen LogP contribution is 2.24. The van der Waals surface area contributed by atoms with E-state index < -0.39 is 0 Å². The Bertz CT molecular complexity index is 880. The summed E-state index contributed by atoms with van der Waals surface area (Å²) in [6, 6.07) is 0. The first kappa shape index (κ1) is 14.6. The fourth-order valence-corrected chi connectivity index (χ4v) is 2.85. The van der Waals surface area contributed by atoms with Crippen molar-refractivity contribution in [1.82, 2.24) is 24.7 Å². The Balaban J connectivity index is 1.52. The standard InChI is InChI=1S/C16H16N6O2/c1-10-17-6-7-22(10)16-18-8-11(9-19-16)20-15(23)14-12-4-2-3-5-13(12)24-21-14/h6-9H,2-5H2,1H3,(H,20,23). The molecule has 1 aliphatic rings. The molecule has 8 nitrogen and oxygen atoms in total. The van der Waals surface area contributed by atoms with E-state index in [0.29, 0.717) is 17.3 Å². The fourth-order valence-electron chi connectivity index (χ4n) is 2.85. The summed E-state index contributed by atoms with van der Waals surface area (Å²) in [5.41, 5.74) is 1.79. The van der Waals surface area contributed by atoms with Crippen LogP contribution in [0.25, 0.3) is 5.95 Å². The molecule has 0 saturated carbocycles. The summed E-state index contributed by atoms with van der Waals surface area (Å²) in [4.78, 5) is 25.1. The van der Waals surface area contributed by atoms with Crippen LogP contribution in [0.4, 0.5) is 5.69 Å². The number of carbonyl (C=O) groups is 1. The Morgan fingerprint density at radius 2 is 2.00 bits per heavy atom. The molecule has 1 aliphatic carbocycles. The SMILES string of the molecule is Cc1nccn1-c1ncc(NC(=O)c2noc3c2CCCC3)cn1. The van der Waals surface area contributed by atoms with Crippen molar-refractivity contribution in [3.63, 3.8) is 0 Å². The van der Waals surface area contributed by atoms with E-state index in [-0.39, 0.29) is 5.91 Å². The lowest BCUT2D eigenvalue weighted by Gasteiger charge is -2.09. The largest absolute Gasteiger partial charge is 0.360 e. The van der Waals surface area contributed by atoms with Gasteiger partial charge in [0.25, 0.3) is 5.91 Å². The number of nitrogens with zero attached hydrogens (tertiary/aromatic N) is 5. The second kappa shape index (κ2) is 5.88. The molecule has 8 heteroatoms. The monoisotopic (exact) mass is 324 g/mol. The van der Waals surface area contributed by atoms with Crippen LogP contribution in [0, 0.1) is 6.92 Å². The van der Waals surface area contributed by atoms with Crippen molar-refractivity contribution in [3.8, 4) is 5.95 Å². The number of carbonyl (C=O) groups excluding carboxylic acids is 1. The summed E-state index contributed by atoms with van der Waals surface area (Å²) in [7, 11) is 0. The van der Waals surface area contributed by atoms with Gasteiger partial charge in [0, 0.05) is 24.4 Å². The van der Waals surface area contributed by atoms with Gasteiger partial charge in [0.15, 0.2) is 5.69 Å². The molecular weight excluding hydrogens is 308 g/mol. The second-order valence-electron chi connectivity index (χ2n) is 5.71. The second-order valence-corrected chi connectivity index (χ2v) is 5.71. The topological polar surface area (TPSA) is 98.7 Å². The molecule has 0 saturated heterocycles. The predicted octanol–water partition coefficient (Wildman–Crippen LogP) is 2.09. The van der Waals surface area contributed by atoms with Gasteiger partial charge in [-0.05, 0) is 26.2 Å². The first-order valence-corrected chi connectivity index (χ1v) is 7.83. The van der Waals surface area contributed by atoms with Crippen LogP contribution in [0.2, 0.25) is 0 Å². The van der Waals surface area contributed by atoms with Crippen LogP contribution in [0.3, 0.4) is 0 Å². The average Bonchev–Trinajstić information content (AvgIpc) is 3.22. The third-order valence-corrected chi connectivity index (χ3v) is 4.10. The summed E-state index contributed by atoms with van der Waals surface area (Å²) in [6.07, 6.45) is 10.4. The van der Waals surface area contributed by atoms with E-state index >= 15 is 0 Å². The van der Waals surface area contributed by atoms with E-state index in [1.807, 2.05) is 6.92 Å². The highest BCUT2D eigenvalue weighted by molar-refractivity contribution is 6.03. The molecular formula is C16H16N6O2. The van der Waals surface area contributed by atoms with Crippen LogP contribution in [0.15, 0.2) is 29.3 Å². The van der Waals surface area contributed by atoms with Gasteiger partial charge in [-0.15, -0.1) is 0 Å². The van der Waals surface area contributed by atoms with E-state index in [1.165, 1.54) is 0 Å². The summed E-state index contributed by atoms with van der Waals surface area (Å²) in [5, 5.41) is 6.69. The summed E-state index contributed by atoms with van der Waals surface area (Å²) in [5.74, 6) is 1.83. The van der Waals surface area contributed by atoms with Crippen LogP contribution in [0.5, 0.6) is 0 Å². The van der Waals surface area contributed by atoms with Crippen molar-refractivity contribution in [2.45, 2.75) is 32.6 Å². The lowest BCUT2D eigenvalue weighted by Crippen LogP contribution is -2.16. The summed E-state index contributed by atoms with van der Waals surface area (Å²) < 4.78 is 7.04. The van der Waals surface area contributed by atoms with E-state index in [0.717, 1.165) is 42.8 Å². The van der Waals surface area contributed by atoms with Gasteiger partial charge in [0.1, 0.15) is 11.6 Å². The number of aromatic nitrogens is 5. The van der Waals surface area contributed by atoms with Crippen molar-refractivity contribution in [2.75, 3.05) is 5.32 Å². The predicted molar refractivity (Wildman–Crippen MR) is 85.0 cm³/mol. The number of aryl methyl sites for hydroxylation is 2. The molecule has 0 fully saturated rings. The Kier molecular flexibility index (Phi) is 3.56. The molecule has 0 aromatic carbocycles. The molecule has 1 N–H and O–H groups in total. The first-order valence-electron chi connectivity index (χ1n) is 7.83. The molecule has 0 bridgehead atoms. The zero-order chi connectivity index (χ0) is 16.5. The maximum Gasteiger partial charge on any atom is 0.278 e. The molecule has 122 valence electrons. The quantitative estimate of drug-likeness (QED) is 0.792. The third-order valence-electron chi connectivity index (χ3n) is 4.10. The molecule has 3 heterocycles. The molecule has 0 unspecified atom stereocenters. The summed E-state index contributed by atoms with van der Waals surface area (Å²) >= 11 is 0. The summed E-state index contributed by atoms with van der Waals surface area (Å²) in [6.45, 7) is 1.87. The maximum atomic E-state index is 12.4. The van der Waals surface area contributed by atoms with Crippen molar-refractivity contribution in [2.24, 2.45) is 0 Å². The Labute approximate surface area is 137 Å². The molecule has 3 aromatic rings. The number of hydrogen-bond acceptors (Lipinski definition) is 6. The molecule has 0 spiro atoms. The van der Waals surface area contributed by atoms with Gasteiger partial charge in [-0.1, -0.05) is 5.16 Å². The van der Waals surface area contributed by atoms with Gasteiger partial charge in [-0.2, -0.15) is 0 Å². The Morgan fingerprint density at radius 3 is 2.75 bits per heavy atom. The van der Waals surface area contributed by atoms with Crippen LogP contribution in [-0.4, -0.2) is 30.6 Å². The Morgan fingerprint density at radius 1 is 1.21 bits per heavy atom. The zero-order valence-corrected chi connectivity index (χ0v) is 13.2. The Hall–Kier alpha value is -3.03. The van der Waals surface area contributed by atoms with Crippen molar-refractivity contribution in [3.05, 3.63) is 47.6 Å². The number of anilines is 1. The van der Waals surface area contributed by atoms with Gasteiger partial charge >= 0.3 is 0 Å². The van der Waals surface area contributed by atoms with Crippen LogP contribution in [0.1, 0.15) is 40.5 Å². The lowest BCUT2D eigenvalue weighted by atomic mass is 9.96. The first-order chi connectivity index (χ1) is 11.7. The lowest BCUT2D eigenvalue weighted by molar-refractivity contribution is 0.101. The van der Waals surface area contributed by atoms with Gasteiger partial charge in [0.05, 0.1) is 18.1 Å². The zero-order valence-electron chi connectivity index (χ0n) is 13.2. The number of nitrogens with one attached hydrogen (secondary N) is 1. The third kappa shape index (κ3) is 2.55. The van der Waals surface area contributed by atoms with Gasteiger partial charge in [0.2, 0.25) is 5.95 Å². The number of rotatable bonds is 3. The van der Waals surface area contributed by atoms with Crippen LogP contribution >= 0.6 is 0 Å². The minimum Gasteiger partial charge on any atom is -0.360 e. The van der Waals surface area contributed by atoms with Gasteiger partial charge in [-0.25, -0.2) is 15.0 Å². The van der Waals surface area contributed by atoms with E-state index in [4.69, 9.17) is 4.52 Å². The number of imidazole rings is 1. The smallest absolute Gasteiger partial charge is 0.278 e. The van der Waals surface area contributed by atoms with E-state index in [2.05, 4.69) is 25.4 Å². The normalized spacial score (nSPS) is 13.5. The van der Waals surface area contributed by atoms with Crippen molar-refractivity contribution >= 4 is 11.6 Å². The number of amides is 1. The molecule has 0 atom stereocenters. The fraction of sp³-hybridized carbons (Fsp3) is 0.312.